The summed E-state index contributed by atoms with van der Waals surface area (Å²) < 4.78 is 5.15. The molecule has 98 valence electrons. The Morgan fingerprint density at radius 1 is 1.22 bits per heavy atom. The highest BCUT2D eigenvalue weighted by molar-refractivity contribution is 5.66. The van der Waals surface area contributed by atoms with Gasteiger partial charge in [0.25, 0.3) is 0 Å². The molecule has 1 saturated carbocycles. The Hall–Kier alpha value is -1.28. The number of aliphatic hydroxyl groups is 1. The average molecular weight is 246 g/mol. The second-order valence-electron chi connectivity index (χ2n) is 4.98. The summed E-state index contributed by atoms with van der Waals surface area (Å²) in [6.45, 7) is 0.114. The van der Waals surface area contributed by atoms with Gasteiger partial charge >= 0.3 is 0 Å². The number of aliphatic hydroxyl groups excluding tert-OH is 1. The second kappa shape index (κ2) is 6.60. The van der Waals surface area contributed by atoms with Crippen LogP contribution in [0.25, 0.3) is 5.57 Å². The lowest BCUT2D eigenvalue weighted by atomic mass is 9.87. The Morgan fingerprint density at radius 2 is 1.89 bits per heavy atom. The molecule has 1 aliphatic carbocycles. The van der Waals surface area contributed by atoms with E-state index >= 15 is 0 Å². The third-order valence-corrected chi connectivity index (χ3v) is 3.72. The molecule has 2 rings (SSSR count). The van der Waals surface area contributed by atoms with Gasteiger partial charge in [-0.2, -0.15) is 0 Å². The van der Waals surface area contributed by atoms with E-state index in [2.05, 4.69) is 6.08 Å². The minimum atomic E-state index is 0.114. The van der Waals surface area contributed by atoms with Gasteiger partial charge in [0.2, 0.25) is 0 Å². The highest BCUT2D eigenvalue weighted by atomic mass is 16.5. The Kier molecular flexibility index (Phi) is 4.82. The predicted molar refractivity (Wildman–Crippen MR) is 74.6 cm³/mol. The number of hydrogen-bond donors (Lipinski definition) is 1. The molecule has 0 aromatic heterocycles. The van der Waals surface area contributed by atoms with Gasteiger partial charge in [-0.15, -0.1) is 0 Å². The van der Waals surface area contributed by atoms with Crippen molar-refractivity contribution in [3.8, 4) is 5.75 Å². The highest BCUT2D eigenvalue weighted by Crippen LogP contribution is 2.28. The van der Waals surface area contributed by atoms with E-state index in [1.165, 1.54) is 32.1 Å². The van der Waals surface area contributed by atoms with Crippen molar-refractivity contribution in [2.75, 3.05) is 13.7 Å². The maximum absolute atomic E-state index is 9.54. The molecule has 0 bridgehead atoms. The van der Waals surface area contributed by atoms with Crippen LogP contribution in [-0.4, -0.2) is 18.8 Å². The zero-order valence-electron chi connectivity index (χ0n) is 11.1. The lowest BCUT2D eigenvalue weighted by Crippen LogP contribution is -2.05. The van der Waals surface area contributed by atoms with E-state index in [1.54, 1.807) is 7.11 Å². The van der Waals surface area contributed by atoms with E-state index in [0.29, 0.717) is 5.92 Å². The van der Waals surface area contributed by atoms with Gasteiger partial charge in [0.15, 0.2) is 0 Å². The third kappa shape index (κ3) is 3.36. The number of ether oxygens (including phenoxy) is 1. The van der Waals surface area contributed by atoms with Crippen LogP contribution in [0, 0.1) is 5.92 Å². The highest BCUT2D eigenvalue weighted by Gasteiger charge is 2.12. The van der Waals surface area contributed by atoms with Crippen molar-refractivity contribution in [3.05, 3.63) is 35.9 Å². The zero-order chi connectivity index (χ0) is 12.8. The van der Waals surface area contributed by atoms with Gasteiger partial charge in [-0.25, -0.2) is 0 Å². The summed E-state index contributed by atoms with van der Waals surface area (Å²) in [5.74, 6) is 1.50. The number of benzene rings is 1. The molecule has 0 unspecified atom stereocenters. The van der Waals surface area contributed by atoms with Crippen molar-refractivity contribution in [2.45, 2.75) is 32.1 Å². The van der Waals surface area contributed by atoms with E-state index in [4.69, 9.17) is 4.74 Å². The Morgan fingerprint density at radius 3 is 2.44 bits per heavy atom. The first-order chi connectivity index (χ1) is 8.83. The Balaban J connectivity index is 2.12. The van der Waals surface area contributed by atoms with Crippen molar-refractivity contribution >= 4 is 5.57 Å². The monoisotopic (exact) mass is 246 g/mol. The maximum atomic E-state index is 9.54. The molecule has 1 aromatic rings. The lowest BCUT2D eigenvalue weighted by molar-refractivity contribution is 0.347. The van der Waals surface area contributed by atoms with Crippen molar-refractivity contribution in [1.82, 2.24) is 0 Å². The summed E-state index contributed by atoms with van der Waals surface area (Å²) in [6, 6.07) is 7.92. The summed E-state index contributed by atoms with van der Waals surface area (Å²) in [6.07, 6.45) is 8.80. The summed E-state index contributed by atoms with van der Waals surface area (Å²) in [5, 5.41) is 9.54. The second-order valence-corrected chi connectivity index (χ2v) is 4.98. The lowest BCUT2D eigenvalue weighted by Gasteiger charge is -2.19. The molecule has 2 nitrogen and oxygen atoms in total. The molecule has 18 heavy (non-hydrogen) atoms. The van der Waals surface area contributed by atoms with Gasteiger partial charge in [0, 0.05) is 0 Å². The molecular weight excluding hydrogens is 224 g/mol. The first-order valence-electron chi connectivity index (χ1n) is 6.79. The van der Waals surface area contributed by atoms with Crippen LogP contribution in [-0.2, 0) is 0 Å². The fourth-order valence-electron chi connectivity index (χ4n) is 2.63. The van der Waals surface area contributed by atoms with E-state index in [-0.39, 0.29) is 6.61 Å². The smallest absolute Gasteiger partial charge is 0.118 e. The maximum Gasteiger partial charge on any atom is 0.118 e. The SMILES string of the molecule is COc1ccc(C(=CC2CCCCC2)CO)cc1. The molecule has 1 N–H and O–H groups in total. The molecule has 0 atom stereocenters. The normalized spacial score (nSPS) is 17.8. The molecule has 0 spiro atoms. The van der Waals surface area contributed by atoms with Crippen molar-refractivity contribution in [1.29, 1.82) is 0 Å². The van der Waals surface area contributed by atoms with Crippen molar-refractivity contribution < 1.29 is 9.84 Å². The van der Waals surface area contributed by atoms with E-state index in [1.807, 2.05) is 24.3 Å². The van der Waals surface area contributed by atoms with Crippen LogP contribution < -0.4 is 4.74 Å². The minimum Gasteiger partial charge on any atom is -0.497 e. The average Bonchev–Trinajstić information content (AvgIpc) is 2.46. The topological polar surface area (TPSA) is 29.5 Å². The van der Waals surface area contributed by atoms with Gasteiger partial charge in [0.1, 0.15) is 5.75 Å². The van der Waals surface area contributed by atoms with E-state index in [0.717, 1.165) is 16.9 Å². The largest absolute Gasteiger partial charge is 0.497 e. The zero-order valence-corrected chi connectivity index (χ0v) is 11.1. The summed E-state index contributed by atoms with van der Waals surface area (Å²) in [7, 11) is 1.67. The Bertz CT molecular complexity index is 386. The molecular formula is C16H22O2. The number of hydrogen-bond acceptors (Lipinski definition) is 2. The first kappa shape index (κ1) is 13.2. The van der Waals surface area contributed by atoms with E-state index in [9.17, 15) is 5.11 Å². The molecule has 1 aromatic carbocycles. The number of allylic oxidation sites excluding steroid dienone is 1. The Labute approximate surface area is 109 Å². The van der Waals surface area contributed by atoms with Crippen LogP contribution in [0.5, 0.6) is 5.75 Å². The minimum absolute atomic E-state index is 0.114. The van der Waals surface area contributed by atoms with Crippen molar-refractivity contribution in [3.63, 3.8) is 0 Å². The molecule has 0 heterocycles. The molecule has 0 aliphatic heterocycles. The summed E-state index contributed by atoms with van der Waals surface area (Å²) in [4.78, 5) is 0. The summed E-state index contributed by atoms with van der Waals surface area (Å²) in [5.41, 5.74) is 2.15. The number of methoxy groups -OCH3 is 1. The summed E-state index contributed by atoms with van der Waals surface area (Å²) >= 11 is 0. The number of rotatable bonds is 4. The molecule has 0 amide bonds. The van der Waals surface area contributed by atoms with Crippen LogP contribution in [0.15, 0.2) is 30.3 Å². The van der Waals surface area contributed by atoms with Crippen LogP contribution in [0.2, 0.25) is 0 Å². The van der Waals surface area contributed by atoms with Gasteiger partial charge < -0.3 is 9.84 Å². The van der Waals surface area contributed by atoms with Crippen LogP contribution >= 0.6 is 0 Å². The molecule has 2 heteroatoms. The van der Waals surface area contributed by atoms with Gasteiger partial charge in [-0.05, 0) is 42.0 Å². The van der Waals surface area contributed by atoms with Gasteiger partial charge in [-0.3, -0.25) is 0 Å². The van der Waals surface area contributed by atoms with Crippen LogP contribution in [0.4, 0.5) is 0 Å². The first-order valence-corrected chi connectivity index (χ1v) is 6.79. The van der Waals surface area contributed by atoms with Crippen LogP contribution in [0.3, 0.4) is 0 Å². The fraction of sp³-hybridized carbons (Fsp3) is 0.500. The fourth-order valence-corrected chi connectivity index (χ4v) is 2.63. The van der Waals surface area contributed by atoms with Crippen LogP contribution in [0.1, 0.15) is 37.7 Å². The molecule has 0 saturated heterocycles. The molecule has 1 aliphatic rings. The quantitative estimate of drug-likeness (QED) is 0.878. The predicted octanol–water partition coefficient (Wildman–Crippen LogP) is 3.65. The van der Waals surface area contributed by atoms with Gasteiger partial charge in [0.05, 0.1) is 13.7 Å². The van der Waals surface area contributed by atoms with Gasteiger partial charge in [-0.1, -0.05) is 37.5 Å². The van der Waals surface area contributed by atoms with Crippen molar-refractivity contribution in [2.24, 2.45) is 5.92 Å². The third-order valence-electron chi connectivity index (χ3n) is 3.72. The molecule has 0 radical (unpaired) electrons. The standard InChI is InChI=1S/C16H22O2/c1-18-16-9-7-14(8-10-16)15(12-17)11-13-5-3-2-4-6-13/h7-11,13,17H,2-6,12H2,1H3. The van der Waals surface area contributed by atoms with E-state index < -0.39 is 0 Å². The molecule has 1 fully saturated rings.